The van der Waals surface area contributed by atoms with Gasteiger partial charge in [-0.2, -0.15) is 0 Å². The number of allylic oxidation sites excluding steroid dienone is 1. The van der Waals surface area contributed by atoms with Crippen LogP contribution < -0.4 is 33.5 Å². The minimum atomic E-state index is -0.963. The number of hydrogen-bond donors (Lipinski definition) is 6. The number of carbonyl (C=O) groups is 3. The fourth-order valence-corrected chi connectivity index (χ4v) is 2.95. The van der Waals surface area contributed by atoms with Crippen LogP contribution in [-0.2, 0) is 14.4 Å². The van der Waals surface area contributed by atoms with Gasteiger partial charge in [-0.1, -0.05) is 45.8 Å². The molecule has 0 aromatic heterocycles. The minimum absolute atomic E-state index is 0.135. The van der Waals surface area contributed by atoms with Gasteiger partial charge in [-0.25, -0.2) is 5.84 Å². The van der Waals surface area contributed by atoms with Crippen LogP contribution >= 0.6 is 0 Å². The summed E-state index contributed by atoms with van der Waals surface area (Å²) in [7, 11) is 0. The van der Waals surface area contributed by atoms with E-state index < -0.39 is 23.9 Å². The molecule has 0 aromatic carbocycles. The van der Waals surface area contributed by atoms with Gasteiger partial charge >= 0.3 is 0 Å². The molecule has 1 heterocycles. The molecule has 2 atom stereocenters. The summed E-state index contributed by atoms with van der Waals surface area (Å²) >= 11 is 0. The summed E-state index contributed by atoms with van der Waals surface area (Å²) in [6.45, 7) is 6.41. The van der Waals surface area contributed by atoms with Gasteiger partial charge in [0.15, 0.2) is 0 Å². The van der Waals surface area contributed by atoms with Crippen LogP contribution in [0.4, 0.5) is 0 Å². The molecule has 11 heteroatoms. The Balaban J connectivity index is 0.00000407. The number of nitrogens with zero attached hydrogens (tertiary/aromatic N) is 2. The number of likely N-dealkylation sites (tertiary alicyclic amines) is 1. The second-order valence-corrected chi connectivity index (χ2v) is 6.47. The molecule has 9 N–H and O–H groups in total. The van der Waals surface area contributed by atoms with E-state index in [0.29, 0.717) is 19.4 Å². The number of guanidine groups is 1. The smallest absolute Gasteiger partial charge is 0.253 e. The summed E-state index contributed by atoms with van der Waals surface area (Å²) < 4.78 is 0. The van der Waals surface area contributed by atoms with E-state index in [4.69, 9.17) is 17.4 Å². The van der Waals surface area contributed by atoms with Crippen molar-refractivity contribution in [1.29, 1.82) is 0 Å². The Kier molecular flexibility index (Phi) is 14.7. The molecule has 1 rings (SSSR count). The Morgan fingerprint density at radius 2 is 1.97 bits per heavy atom. The maximum absolute atomic E-state index is 12.7. The number of hydrazone groups is 1. The van der Waals surface area contributed by atoms with Gasteiger partial charge in [0.05, 0.1) is 6.54 Å². The standard InChI is InChI=1S/C17H32N8O3.C2H6/c1-2-3-4-5-6-8-12(15(27)22-17(23-19)24-20)21-16(28)13-9-7-10-25(13)14(26)11-18;1-2/h6,8,12-13H,2-5,7,9-11,18-20H2,1H3,(H,21,28)(H2,22,23,24,27);1-2H3/b8-6-;. The molecule has 0 spiro atoms. The van der Waals surface area contributed by atoms with Crippen LogP contribution in [0.3, 0.4) is 0 Å². The van der Waals surface area contributed by atoms with Crippen molar-refractivity contribution in [3.05, 3.63) is 12.2 Å². The monoisotopic (exact) mass is 426 g/mol. The van der Waals surface area contributed by atoms with Crippen LogP contribution in [0.2, 0.25) is 0 Å². The lowest BCUT2D eigenvalue weighted by Gasteiger charge is -2.25. The van der Waals surface area contributed by atoms with Crippen molar-refractivity contribution in [2.75, 3.05) is 13.1 Å². The van der Waals surface area contributed by atoms with Crippen LogP contribution in [-0.4, -0.2) is 53.8 Å². The normalized spacial score (nSPS) is 17.2. The third-order valence-corrected chi connectivity index (χ3v) is 4.44. The number of nitrogens with one attached hydrogen (secondary N) is 3. The quantitative estimate of drug-likeness (QED) is 0.0710. The Bertz CT molecular complexity index is 594. The molecule has 0 bridgehead atoms. The number of carbonyl (C=O) groups excluding carboxylic acids is 3. The first kappa shape index (κ1) is 27.3. The van der Waals surface area contributed by atoms with E-state index in [0.717, 1.165) is 25.7 Å². The highest BCUT2D eigenvalue weighted by Crippen LogP contribution is 2.17. The van der Waals surface area contributed by atoms with E-state index in [1.54, 1.807) is 6.08 Å². The van der Waals surface area contributed by atoms with Crippen molar-refractivity contribution < 1.29 is 14.4 Å². The summed E-state index contributed by atoms with van der Waals surface area (Å²) in [6, 6.07) is -1.61. The van der Waals surface area contributed by atoms with Gasteiger partial charge < -0.3 is 21.8 Å². The summed E-state index contributed by atoms with van der Waals surface area (Å²) in [5.74, 6) is 8.94. The summed E-state index contributed by atoms with van der Waals surface area (Å²) in [5, 5.41) is 8.37. The zero-order valence-electron chi connectivity index (χ0n) is 18.3. The average molecular weight is 427 g/mol. The maximum Gasteiger partial charge on any atom is 0.253 e. The van der Waals surface area contributed by atoms with Gasteiger partial charge in [0.2, 0.25) is 17.8 Å². The van der Waals surface area contributed by atoms with Crippen molar-refractivity contribution in [2.45, 2.75) is 71.4 Å². The molecule has 0 radical (unpaired) electrons. The number of hydrogen-bond acceptors (Lipinski definition) is 7. The van der Waals surface area contributed by atoms with Crippen LogP contribution in [0.1, 0.15) is 59.3 Å². The Labute approximate surface area is 178 Å². The maximum atomic E-state index is 12.7. The second-order valence-electron chi connectivity index (χ2n) is 6.47. The summed E-state index contributed by atoms with van der Waals surface area (Å²) in [4.78, 5) is 38.6. The molecule has 1 saturated heterocycles. The molecule has 30 heavy (non-hydrogen) atoms. The minimum Gasteiger partial charge on any atom is -0.339 e. The molecular weight excluding hydrogens is 388 g/mol. The molecule has 1 fully saturated rings. The highest BCUT2D eigenvalue weighted by atomic mass is 16.2. The van der Waals surface area contributed by atoms with Crippen LogP contribution in [0.25, 0.3) is 0 Å². The first-order valence-electron chi connectivity index (χ1n) is 10.5. The highest BCUT2D eigenvalue weighted by Gasteiger charge is 2.34. The number of hydrazine groups is 1. The van der Waals surface area contributed by atoms with Crippen molar-refractivity contribution in [3.8, 4) is 0 Å². The SMILES string of the molecule is CC.CCCCC/C=C\C(NC(=O)C1CCCN1C(=O)CN)C(=O)N/C(=N/N)NN. The van der Waals surface area contributed by atoms with Gasteiger partial charge in [0.25, 0.3) is 5.91 Å². The van der Waals surface area contributed by atoms with E-state index >= 15 is 0 Å². The van der Waals surface area contributed by atoms with Gasteiger partial charge in [-0.05, 0) is 25.7 Å². The van der Waals surface area contributed by atoms with Crippen molar-refractivity contribution in [3.63, 3.8) is 0 Å². The third-order valence-electron chi connectivity index (χ3n) is 4.44. The fraction of sp³-hybridized carbons (Fsp3) is 0.684. The molecular formula is C19H38N8O3. The van der Waals surface area contributed by atoms with E-state index in [1.165, 1.54) is 4.90 Å². The summed E-state index contributed by atoms with van der Waals surface area (Å²) in [5.41, 5.74) is 7.56. The zero-order chi connectivity index (χ0) is 22.9. The van der Waals surface area contributed by atoms with Crippen molar-refractivity contribution in [1.82, 2.24) is 21.0 Å². The molecule has 3 amide bonds. The fourth-order valence-electron chi connectivity index (χ4n) is 2.95. The Morgan fingerprint density at radius 3 is 2.53 bits per heavy atom. The van der Waals surface area contributed by atoms with Crippen molar-refractivity contribution >= 4 is 23.7 Å². The van der Waals surface area contributed by atoms with E-state index in [1.807, 2.05) is 19.9 Å². The number of amides is 3. The lowest BCUT2D eigenvalue weighted by atomic mass is 10.1. The number of nitrogens with two attached hydrogens (primary N) is 3. The van der Waals surface area contributed by atoms with E-state index in [-0.39, 0.29) is 18.4 Å². The molecule has 0 aliphatic carbocycles. The van der Waals surface area contributed by atoms with E-state index in [9.17, 15) is 14.4 Å². The van der Waals surface area contributed by atoms with Crippen LogP contribution in [0, 0.1) is 0 Å². The highest BCUT2D eigenvalue weighted by molar-refractivity contribution is 6.01. The van der Waals surface area contributed by atoms with Crippen LogP contribution in [0.5, 0.6) is 0 Å². The summed E-state index contributed by atoms with van der Waals surface area (Å²) in [6.07, 6.45) is 8.59. The molecule has 0 saturated carbocycles. The first-order chi connectivity index (χ1) is 14.5. The lowest BCUT2D eigenvalue weighted by Crippen LogP contribution is -2.55. The van der Waals surface area contributed by atoms with Crippen LogP contribution in [0.15, 0.2) is 17.3 Å². The predicted octanol–water partition coefficient (Wildman–Crippen LogP) is -0.607. The molecule has 1 aliphatic rings. The van der Waals surface area contributed by atoms with E-state index in [2.05, 4.69) is 28.1 Å². The zero-order valence-corrected chi connectivity index (χ0v) is 18.3. The van der Waals surface area contributed by atoms with Gasteiger partial charge in [0, 0.05) is 6.54 Å². The lowest BCUT2D eigenvalue weighted by molar-refractivity contribution is -0.138. The number of rotatable bonds is 9. The Hall–Kier alpha value is -2.66. The topological polar surface area (TPSA) is 181 Å². The van der Waals surface area contributed by atoms with Gasteiger partial charge in [-0.15, -0.1) is 5.10 Å². The van der Waals surface area contributed by atoms with Gasteiger partial charge in [0.1, 0.15) is 12.1 Å². The largest absolute Gasteiger partial charge is 0.339 e. The first-order valence-corrected chi connectivity index (χ1v) is 10.5. The Morgan fingerprint density at radius 1 is 1.27 bits per heavy atom. The second kappa shape index (κ2) is 16.2. The van der Waals surface area contributed by atoms with Crippen molar-refractivity contribution in [2.24, 2.45) is 22.5 Å². The average Bonchev–Trinajstić information content (AvgIpc) is 3.27. The molecule has 1 aliphatic heterocycles. The molecule has 11 nitrogen and oxygen atoms in total. The predicted molar refractivity (Wildman–Crippen MR) is 117 cm³/mol. The third kappa shape index (κ3) is 9.23. The number of unbranched alkanes of at least 4 members (excludes halogenated alkanes) is 3. The molecule has 0 aromatic rings. The molecule has 172 valence electrons. The van der Waals surface area contributed by atoms with Gasteiger partial charge in [-0.3, -0.25) is 25.1 Å². The molecule has 2 unspecified atom stereocenters.